The lowest BCUT2D eigenvalue weighted by molar-refractivity contribution is -0.123. The molecule has 2 aromatic rings. The molecule has 22 heavy (non-hydrogen) atoms. The van der Waals surface area contributed by atoms with Crippen molar-refractivity contribution in [3.8, 4) is 5.75 Å². The van der Waals surface area contributed by atoms with Crippen molar-refractivity contribution in [2.24, 2.45) is 0 Å². The van der Waals surface area contributed by atoms with Crippen LogP contribution in [-0.2, 0) is 11.2 Å². The number of carbonyl (C=O) groups excluding carboxylic acids is 1. The lowest BCUT2D eigenvalue weighted by Crippen LogP contribution is -2.29. The average molecular weight is 297 g/mol. The van der Waals surface area contributed by atoms with Gasteiger partial charge in [0.15, 0.2) is 6.61 Å². The summed E-state index contributed by atoms with van der Waals surface area (Å²) < 4.78 is 5.69. The predicted molar refractivity (Wildman–Crippen MR) is 89.1 cm³/mol. The van der Waals surface area contributed by atoms with Gasteiger partial charge in [0, 0.05) is 13.0 Å². The van der Waals surface area contributed by atoms with Crippen molar-refractivity contribution >= 4 is 5.91 Å². The fourth-order valence-electron chi connectivity index (χ4n) is 2.21. The van der Waals surface area contributed by atoms with Crippen LogP contribution in [0.2, 0.25) is 0 Å². The van der Waals surface area contributed by atoms with Crippen LogP contribution in [0, 0.1) is 0 Å². The maximum atomic E-state index is 11.7. The van der Waals surface area contributed by atoms with Gasteiger partial charge in [0.2, 0.25) is 0 Å². The fourth-order valence-corrected chi connectivity index (χ4v) is 2.21. The summed E-state index contributed by atoms with van der Waals surface area (Å²) in [5, 5.41) is 2.86. The van der Waals surface area contributed by atoms with E-state index >= 15 is 0 Å². The highest BCUT2D eigenvalue weighted by molar-refractivity contribution is 5.77. The highest BCUT2D eigenvalue weighted by atomic mass is 16.5. The molecule has 0 atom stereocenters. The quantitative estimate of drug-likeness (QED) is 0.756. The number of amides is 1. The van der Waals surface area contributed by atoms with Crippen molar-refractivity contribution in [2.75, 3.05) is 13.2 Å². The van der Waals surface area contributed by atoms with Gasteiger partial charge in [-0.15, -0.1) is 0 Å². The second-order valence-electron chi connectivity index (χ2n) is 5.26. The largest absolute Gasteiger partial charge is 0.483 e. The summed E-state index contributed by atoms with van der Waals surface area (Å²) >= 11 is 0. The molecule has 3 nitrogen and oxygen atoms in total. The van der Waals surface area contributed by atoms with Crippen LogP contribution in [0.4, 0.5) is 0 Å². The summed E-state index contributed by atoms with van der Waals surface area (Å²) in [6, 6.07) is 18.1. The van der Waals surface area contributed by atoms with Crippen LogP contribution >= 0.6 is 0 Å². The zero-order valence-corrected chi connectivity index (χ0v) is 13.0. The van der Waals surface area contributed by atoms with E-state index in [-0.39, 0.29) is 12.5 Å². The second-order valence-corrected chi connectivity index (χ2v) is 5.26. The van der Waals surface area contributed by atoms with Gasteiger partial charge in [-0.25, -0.2) is 0 Å². The summed E-state index contributed by atoms with van der Waals surface area (Å²) in [4.78, 5) is 11.7. The van der Waals surface area contributed by atoms with Crippen molar-refractivity contribution in [1.82, 2.24) is 5.32 Å². The maximum absolute atomic E-state index is 11.7. The van der Waals surface area contributed by atoms with Crippen LogP contribution in [0.15, 0.2) is 54.6 Å². The number of carbonyl (C=O) groups is 1. The Labute approximate surface area is 132 Å². The van der Waals surface area contributed by atoms with E-state index < -0.39 is 0 Å². The molecule has 0 fully saturated rings. The van der Waals surface area contributed by atoms with E-state index in [4.69, 9.17) is 4.74 Å². The number of hydrogen-bond donors (Lipinski definition) is 1. The van der Waals surface area contributed by atoms with Gasteiger partial charge in [0.05, 0.1) is 0 Å². The van der Waals surface area contributed by atoms with E-state index in [0.29, 0.717) is 6.54 Å². The SMILES string of the molecule is CCCCNC(=O)COc1ccccc1Cc1ccccc1. The first kappa shape index (κ1) is 16.1. The molecule has 0 radical (unpaired) electrons. The molecule has 0 aliphatic heterocycles. The lowest BCUT2D eigenvalue weighted by atomic mass is 10.0. The molecule has 0 spiro atoms. The smallest absolute Gasteiger partial charge is 0.257 e. The first-order valence-corrected chi connectivity index (χ1v) is 7.81. The minimum Gasteiger partial charge on any atom is -0.483 e. The molecule has 0 aliphatic carbocycles. The first-order valence-electron chi connectivity index (χ1n) is 7.81. The van der Waals surface area contributed by atoms with Crippen LogP contribution < -0.4 is 10.1 Å². The number of unbranched alkanes of at least 4 members (excludes halogenated alkanes) is 1. The Morgan fingerprint density at radius 1 is 1.05 bits per heavy atom. The molecule has 0 aromatic heterocycles. The van der Waals surface area contributed by atoms with Gasteiger partial charge in [-0.1, -0.05) is 61.9 Å². The summed E-state index contributed by atoms with van der Waals surface area (Å²) in [6.07, 6.45) is 2.87. The van der Waals surface area contributed by atoms with Crippen molar-refractivity contribution in [1.29, 1.82) is 0 Å². The number of ether oxygens (including phenoxy) is 1. The predicted octanol–water partition coefficient (Wildman–Crippen LogP) is 3.57. The third kappa shape index (κ3) is 5.24. The van der Waals surface area contributed by atoms with Gasteiger partial charge in [0.1, 0.15) is 5.75 Å². The molecule has 2 aromatic carbocycles. The van der Waals surface area contributed by atoms with Gasteiger partial charge in [-0.2, -0.15) is 0 Å². The second kappa shape index (κ2) is 8.88. The number of para-hydroxylation sites is 1. The molecule has 0 aliphatic rings. The van der Waals surface area contributed by atoms with Gasteiger partial charge < -0.3 is 10.1 Å². The van der Waals surface area contributed by atoms with E-state index in [1.165, 1.54) is 5.56 Å². The molecule has 0 saturated heterocycles. The van der Waals surface area contributed by atoms with E-state index in [9.17, 15) is 4.79 Å². The van der Waals surface area contributed by atoms with Crippen molar-refractivity contribution < 1.29 is 9.53 Å². The summed E-state index contributed by atoms with van der Waals surface area (Å²) in [6.45, 7) is 2.88. The molecule has 3 heteroatoms. The number of hydrogen-bond acceptors (Lipinski definition) is 2. The molecular weight excluding hydrogens is 274 g/mol. The van der Waals surface area contributed by atoms with Gasteiger partial charge in [0.25, 0.3) is 5.91 Å². The molecule has 0 saturated carbocycles. The zero-order valence-electron chi connectivity index (χ0n) is 13.0. The molecular formula is C19H23NO2. The van der Waals surface area contributed by atoms with Crippen LogP contribution in [0.5, 0.6) is 5.75 Å². The Hall–Kier alpha value is -2.29. The maximum Gasteiger partial charge on any atom is 0.257 e. The molecule has 0 bridgehead atoms. The van der Waals surface area contributed by atoms with E-state index in [1.807, 2.05) is 42.5 Å². The van der Waals surface area contributed by atoms with E-state index in [2.05, 4.69) is 24.4 Å². The van der Waals surface area contributed by atoms with Gasteiger partial charge >= 0.3 is 0 Å². The average Bonchev–Trinajstić information content (AvgIpc) is 2.55. The fraction of sp³-hybridized carbons (Fsp3) is 0.316. The van der Waals surface area contributed by atoms with Crippen LogP contribution in [0.25, 0.3) is 0 Å². The highest BCUT2D eigenvalue weighted by Gasteiger charge is 2.07. The minimum atomic E-state index is -0.0667. The van der Waals surface area contributed by atoms with Crippen LogP contribution in [0.3, 0.4) is 0 Å². The zero-order chi connectivity index (χ0) is 15.6. The Morgan fingerprint density at radius 2 is 1.77 bits per heavy atom. The Bertz CT molecular complexity index is 581. The summed E-state index contributed by atoms with van der Waals surface area (Å²) in [7, 11) is 0. The molecule has 1 amide bonds. The van der Waals surface area contributed by atoms with E-state index in [1.54, 1.807) is 0 Å². The summed E-state index contributed by atoms with van der Waals surface area (Å²) in [5.74, 6) is 0.708. The third-order valence-electron chi connectivity index (χ3n) is 3.42. The van der Waals surface area contributed by atoms with Gasteiger partial charge in [-0.3, -0.25) is 4.79 Å². The van der Waals surface area contributed by atoms with E-state index in [0.717, 1.165) is 30.6 Å². The normalized spacial score (nSPS) is 10.2. The third-order valence-corrected chi connectivity index (χ3v) is 3.42. The number of rotatable bonds is 8. The van der Waals surface area contributed by atoms with Crippen LogP contribution in [-0.4, -0.2) is 19.1 Å². The minimum absolute atomic E-state index is 0.0650. The number of nitrogens with one attached hydrogen (secondary N) is 1. The lowest BCUT2D eigenvalue weighted by Gasteiger charge is -2.11. The molecule has 1 N–H and O–H groups in total. The molecule has 0 unspecified atom stereocenters. The Morgan fingerprint density at radius 3 is 2.55 bits per heavy atom. The molecule has 0 heterocycles. The van der Waals surface area contributed by atoms with Crippen molar-refractivity contribution in [2.45, 2.75) is 26.2 Å². The highest BCUT2D eigenvalue weighted by Crippen LogP contribution is 2.21. The molecule has 2 rings (SSSR count). The first-order chi connectivity index (χ1) is 10.8. The van der Waals surface area contributed by atoms with Crippen molar-refractivity contribution in [3.05, 3.63) is 65.7 Å². The van der Waals surface area contributed by atoms with Gasteiger partial charge in [-0.05, 0) is 23.6 Å². The Kier molecular flexibility index (Phi) is 6.49. The number of benzene rings is 2. The standard InChI is InChI=1S/C19H23NO2/c1-2-3-13-20-19(21)15-22-18-12-8-7-11-17(18)14-16-9-5-4-6-10-16/h4-12H,2-3,13-15H2,1H3,(H,20,21). The monoisotopic (exact) mass is 297 g/mol. The molecule has 116 valence electrons. The summed E-state index contributed by atoms with van der Waals surface area (Å²) in [5.41, 5.74) is 2.32. The topological polar surface area (TPSA) is 38.3 Å². The van der Waals surface area contributed by atoms with Crippen LogP contribution in [0.1, 0.15) is 30.9 Å². The Balaban J connectivity index is 1.92. The van der Waals surface area contributed by atoms with Crippen molar-refractivity contribution in [3.63, 3.8) is 0 Å².